The van der Waals surface area contributed by atoms with Gasteiger partial charge < -0.3 is 11.1 Å². The maximum atomic E-state index is 11.3. The highest BCUT2D eigenvalue weighted by atomic mass is 32.2. The van der Waals surface area contributed by atoms with Crippen LogP contribution in [0.4, 0.5) is 4.79 Å². The molecule has 0 aromatic rings. The summed E-state index contributed by atoms with van der Waals surface area (Å²) >= 11 is 1.49. The van der Waals surface area contributed by atoms with Crippen LogP contribution in [0.3, 0.4) is 0 Å². The number of nitrogens with two attached hydrogens (primary N) is 1. The van der Waals surface area contributed by atoms with E-state index in [1.54, 1.807) is 0 Å². The summed E-state index contributed by atoms with van der Waals surface area (Å²) in [5.74, 6) is 1.27. The lowest BCUT2D eigenvalue weighted by Gasteiger charge is -2.08. The minimum absolute atomic E-state index is 0.256. The number of rotatable bonds is 8. The third-order valence-electron chi connectivity index (χ3n) is 2.11. The smallest absolute Gasteiger partial charge is 0.321 e. The Morgan fingerprint density at radius 2 is 2.12 bits per heavy atom. The summed E-state index contributed by atoms with van der Waals surface area (Å²) in [5.41, 5.74) is 5.46. The van der Waals surface area contributed by atoms with Crippen molar-refractivity contribution >= 4 is 23.7 Å². The Kier molecular flexibility index (Phi) is 9.95. The fourth-order valence-electron chi connectivity index (χ4n) is 1.01. The third-order valence-corrected chi connectivity index (χ3v) is 3.38. The lowest BCUT2D eigenvalue weighted by molar-refractivity contribution is -0.117. The molecule has 1 atom stereocenters. The lowest BCUT2D eigenvalue weighted by atomic mass is 10.2. The first-order valence-electron chi connectivity index (χ1n) is 5.95. The molecule has 0 saturated heterocycles. The van der Waals surface area contributed by atoms with Crippen molar-refractivity contribution < 1.29 is 9.59 Å². The number of amides is 3. The van der Waals surface area contributed by atoms with E-state index >= 15 is 0 Å². The van der Waals surface area contributed by atoms with E-state index in [2.05, 4.69) is 10.6 Å². The molecule has 0 bridgehead atoms. The molecule has 0 rings (SSSR count). The van der Waals surface area contributed by atoms with Gasteiger partial charge in [0.25, 0.3) is 0 Å². The Morgan fingerprint density at radius 3 is 2.71 bits per heavy atom. The fourth-order valence-corrected chi connectivity index (χ4v) is 1.92. The Hall–Kier alpha value is -0.750. The van der Waals surface area contributed by atoms with Gasteiger partial charge in [0.1, 0.15) is 0 Å². The van der Waals surface area contributed by atoms with E-state index in [4.69, 9.17) is 5.73 Å². The predicted molar refractivity (Wildman–Crippen MR) is 72.0 cm³/mol. The van der Waals surface area contributed by atoms with E-state index in [-0.39, 0.29) is 5.91 Å². The number of hydrogen-bond donors (Lipinski definition) is 3. The minimum atomic E-state index is -0.407. The molecule has 100 valence electrons. The molecule has 4 N–H and O–H groups in total. The highest BCUT2D eigenvalue weighted by Gasteiger charge is 2.07. The molecule has 0 aliphatic carbocycles. The van der Waals surface area contributed by atoms with Crippen LogP contribution in [-0.4, -0.2) is 36.5 Å². The fraction of sp³-hybridized carbons (Fsp3) is 0.818. The van der Waals surface area contributed by atoms with Gasteiger partial charge in [0.2, 0.25) is 5.91 Å². The average molecular weight is 261 g/mol. The SMILES string of the molecule is CCCCNC(=O)NC(=O)CSCC(C)CN. The van der Waals surface area contributed by atoms with Gasteiger partial charge in [0.05, 0.1) is 5.75 Å². The lowest BCUT2D eigenvalue weighted by Crippen LogP contribution is -2.40. The zero-order valence-corrected chi connectivity index (χ0v) is 11.4. The number of imide groups is 1. The predicted octanol–water partition coefficient (Wildman–Crippen LogP) is 0.940. The number of carbonyl (C=O) groups excluding carboxylic acids is 2. The Morgan fingerprint density at radius 1 is 1.41 bits per heavy atom. The van der Waals surface area contributed by atoms with Crippen molar-refractivity contribution in [2.45, 2.75) is 26.7 Å². The molecule has 0 aromatic heterocycles. The molecule has 0 aliphatic heterocycles. The van der Waals surface area contributed by atoms with E-state index < -0.39 is 6.03 Å². The summed E-state index contributed by atoms with van der Waals surface area (Å²) in [6.07, 6.45) is 1.94. The summed E-state index contributed by atoms with van der Waals surface area (Å²) in [7, 11) is 0. The molecule has 0 aliphatic rings. The van der Waals surface area contributed by atoms with Gasteiger partial charge in [-0.1, -0.05) is 20.3 Å². The molecule has 17 heavy (non-hydrogen) atoms. The van der Waals surface area contributed by atoms with Crippen LogP contribution in [0.25, 0.3) is 0 Å². The largest absolute Gasteiger partial charge is 0.338 e. The number of hydrogen-bond acceptors (Lipinski definition) is 4. The van der Waals surface area contributed by atoms with Crippen molar-refractivity contribution in [3.63, 3.8) is 0 Å². The third kappa shape index (κ3) is 10.1. The van der Waals surface area contributed by atoms with Crippen LogP contribution < -0.4 is 16.4 Å². The van der Waals surface area contributed by atoms with Crippen molar-refractivity contribution in [3.05, 3.63) is 0 Å². The second kappa shape index (κ2) is 10.4. The minimum Gasteiger partial charge on any atom is -0.338 e. The molecule has 3 amide bonds. The van der Waals surface area contributed by atoms with E-state index in [1.165, 1.54) is 11.8 Å². The first kappa shape index (κ1) is 16.2. The quantitative estimate of drug-likeness (QED) is 0.568. The molecule has 0 heterocycles. The van der Waals surface area contributed by atoms with Gasteiger partial charge >= 0.3 is 6.03 Å². The topological polar surface area (TPSA) is 84.2 Å². The van der Waals surface area contributed by atoms with Crippen molar-refractivity contribution in [1.82, 2.24) is 10.6 Å². The molecule has 6 heteroatoms. The standard InChI is InChI=1S/C11H23N3O2S/c1-3-4-5-13-11(16)14-10(15)8-17-7-9(2)6-12/h9H,3-8,12H2,1-2H3,(H2,13,14,15,16). The van der Waals surface area contributed by atoms with Crippen LogP contribution in [-0.2, 0) is 4.79 Å². The first-order valence-corrected chi connectivity index (χ1v) is 7.11. The van der Waals surface area contributed by atoms with E-state index in [1.807, 2.05) is 13.8 Å². The Bertz CT molecular complexity index is 237. The average Bonchev–Trinajstić information content (AvgIpc) is 2.29. The number of urea groups is 1. The van der Waals surface area contributed by atoms with Crippen LogP contribution in [0.1, 0.15) is 26.7 Å². The Labute approximate surface area is 107 Å². The van der Waals surface area contributed by atoms with Crippen molar-refractivity contribution in [3.8, 4) is 0 Å². The van der Waals surface area contributed by atoms with Gasteiger partial charge in [-0.2, -0.15) is 11.8 Å². The molecular weight excluding hydrogens is 238 g/mol. The van der Waals surface area contributed by atoms with Gasteiger partial charge in [-0.3, -0.25) is 10.1 Å². The van der Waals surface area contributed by atoms with Gasteiger partial charge in [-0.05, 0) is 24.6 Å². The highest BCUT2D eigenvalue weighted by molar-refractivity contribution is 7.99. The number of nitrogens with one attached hydrogen (secondary N) is 2. The zero-order chi connectivity index (χ0) is 13.1. The maximum Gasteiger partial charge on any atom is 0.321 e. The van der Waals surface area contributed by atoms with Gasteiger partial charge in [-0.15, -0.1) is 0 Å². The molecule has 0 fully saturated rings. The maximum absolute atomic E-state index is 11.3. The van der Waals surface area contributed by atoms with E-state index in [9.17, 15) is 9.59 Å². The zero-order valence-electron chi connectivity index (χ0n) is 10.6. The van der Waals surface area contributed by atoms with E-state index in [0.717, 1.165) is 18.6 Å². The normalized spacial score (nSPS) is 11.9. The van der Waals surface area contributed by atoms with Crippen molar-refractivity contribution in [2.75, 3.05) is 24.6 Å². The summed E-state index contributed by atoms with van der Waals surface area (Å²) in [6.45, 7) is 5.29. The van der Waals surface area contributed by atoms with Crippen LogP contribution in [0.15, 0.2) is 0 Å². The van der Waals surface area contributed by atoms with Crippen LogP contribution in [0, 0.1) is 5.92 Å². The van der Waals surface area contributed by atoms with Crippen molar-refractivity contribution in [1.29, 1.82) is 0 Å². The Balaban J connectivity index is 3.54. The highest BCUT2D eigenvalue weighted by Crippen LogP contribution is 2.06. The monoisotopic (exact) mass is 261 g/mol. The molecular formula is C11H23N3O2S. The van der Waals surface area contributed by atoms with Gasteiger partial charge in [0, 0.05) is 6.54 Å². The molecule has 0 radical (unpaired) electrons. The molecule has 0 saturated carbocycles. The van der Waals surface area contributed by atoms with Gasteiger partial charge in [0.15, 0.2) is 0 Å². The van der Waals surface area contributed by atoms with Crippen LogP contribution >= 0.6 is 11.8 Å². The van der Waals surface area contributed by atoms with E-state index in [0.29, 0.717) is 24.8 Å². The van der Waals surface area contributed by atoms with Crippen molar-refractivity contribution in [2.24, 2.45) is 11.7 Å². The molecule has 1 unspecified atom stereocenters. The summed E-state index contributed by atoms with van der Waals surface area (Å²) in [5, 5.41) is 4.91. The summed E-state index contributed by atoms with van der Waals surface area (Å²) < 4.78 is 0. The second-order valence-corrected chi connectivity index (χ2v) is 5.04. The van der Waals surface area contributed by atoms with Crippen LogP contribution in [0.2, 0.25) is 0 Å². The summed E-state index contributed by atoms with van der Waals surface area (Å²) in [6, 6.07) is -0.407. The second-order valence-electron chi connectivity index (χ2n) is 4.01. The molecule has 5 nitrogen and oxygen atoms in total. The molecule has 0 aromatic carbocycles. The van der Waals surface area contributed by atoms with Gasteiger partial charge in [-0.25, -0.2) is 4.79 Å². The molecule has 0 spiro atoms. The van der Waals surface area contributed by atoms with Crippen LogP contribution in [0.5, 0.6) is 0 Å². The number of unbranched alkanes of at least 4 members (excludes halogenated alkanes) is 1. The summed E-state index contributed by atoms with van der Waals surface area (Å²) in [4.78, 5) is 22.5. The first-order chi connectivity index (χ1) is 8.10. The number of carbonyl (C=O) groups is 2. The number of thioether (sulfide) groups is 1.